The Morgan fingerprint density at radius 3 is 2.62 bits per heavy atom. The number of rotatable bonds is 7. The third-order valence-corrected chi connectivity index (χ3v) is 8.24. The van der Waals surface area contributed by atoms with Gasteiger partial charge in [0, 0.05) is 19.1 Å². The van der Waals surface area contributed by atoms with Crippen molar-refractivity contribution in [3.05, 3.63) is 59.2 Å². The Balaban J connectivity index is 1.46. The van der Waals surface area contributed by atoms with Crippen LogP contribution < -0.4 is 9.47 Å². The van der Waals surface area contributed by atoms with Crippen molar-refractivity contribution in [1.82, 2.24) is 0 Å². The third-order valence-electron chi connectivity index (χ3n) is 8.24. The van der Waals surface area contributed by atoms with Gasteiger partial charge in [0.15, 0.2) is 17.3 Å². The number of ketones is 1. The fourth-order valence-electron chi connectivity index (χ4n) is 6.60. The largest absolute Gasteiger partial charge is 0.487 e. The molecular formula is C28H34O4. The van der Waals surface area contributed by atoms with Gasteiger partial charge in [-0.15, -0.1) is 0 Å². The summed E-state index contributed by atoms with van der Waals surface area (Å²) in [6, 6.07) is 14.1. The summed E-state index contributed by atoms with van der Waals surface area (Å²) in [5, 5.41) is 0. The fourth-order valence-corrected chi connectivity index (χ4v) is 6.60. The molecule has 0 saturated heterocycles. The van der Waals surface area contributed by atoms with Crippen LogP contribution in [0.15, 0.2) is 42.5 Å². The molecule has 0 radical (unpaired) electrons. The molecule has 5 rings (SSSR count). The predicted octanol–water partition coefficient (Wildman–Crippen LogP) is 6.18. The first-order valence-corrected chi connectivity index (χ1v) is 12.1. The van der Waals surface area contributed by atoms with Crippen molar-refractivity contribution in [2.75, 3.05) is 20.3 Å². The topological polar surface area (TPSA) is 44.8 Å². The first-order chi connectivity index (χ1) is 15.6. The van der Waals surface area contributed by atoms with Crippen LogP contribution in [0.2, 0.25) is 0 Å². The molecule has 170 valence electrons. The van der Waals surface area contributed by atoms with Crippen LogP contribution in [0.25, 0.3) is 0 Å². The van der Waals surface area contributed by atoms with E-state index in [-0.39, 0.29) is 5.78 Å². The molecule has 4 nitrogen and oxygen atoms in total. The van der Waals surface area contributed by atoms with Crippen molar-refractivity contribution in [2.24, 2.45) is 17.3 Å². The van der Waals surface area contributed by atoms with E-state index in [1.54, 1.807) is 7.11 Å². The highest BCUT2D eigenvalue weighted by Gasteiger charge is 2.51. The molecule has 32 heavy (non-hydrogen) atoms. The van der Waals surface area contributed by atoms with E-state index in [9.17, 15) is 4.79 Å². The number of Topliss-reactive ketones (excluding diaryl/α,β-unsaturated/α-hetero) is 1. The Hall–Kier alpha value is -2.33. The lowest BCUT2D eigenvalue weighted by atomic mass is 9.55. The minimum atomic E-state index is 0.269. The highest BCUT2D eigenvalue weighted by molar-refractivity contribution is 6.00. The lowest BCUT2D eigenvalue weighted by Crippen LogP contribution is -2.41. The van der Waals surface area contributed by atoms with Gasteiger partial charge in [-0.05, 0) is 72.1 Å². The number of carbonyl (C=O) groups is 1. The monoisotopic (exact) mass is 434 g/mol. The van der Waals surface area contributed by atoms with Crippen LogP contribution in [0.5, 0.6) is 11.5 Å². The first kappa shape index (κ1) is 21.5. The van der Waals surface area contributed by atoms with Crippen molar-refractivity contribution < 1.29 is 19.0 Å². The van der Waals surface area contributed by atoms with Crippen molar-refractivity contribution in [1.29, 1.82) is 0 Å². The molecule has 3 aliphatic rings. The summed E-state index contributed by atoms with van der Waals surface area (Å²) in [5.41, 5.74) is 3.54. The predicted molar refractivity (Wildman–Crippen MR) is 124 cm³/mol. The third kappa shape index (κ3) is 3.94. The van der Waals surface area contributed by atoms with Gasteiger partial charge in [0.2, 0.25) is 0 Å². The number of hydrogen-bond donors (Lipinski definition) is 0. The molecule has 0 aromatic heterocycles. The molecule has 2 saturated carbocycles. The van der Waals surface area contributed by atoms with Crippen LogP contribution in [-0.2, 0) is 11.3 Å². The molecule has 3 aliphatic carbocycles. The average molecular weight is 435 g/mol. The Morgan fingerprint density at radius 1 is 1.00 bits per heavy atom. The Morgan fingerprint density at radius 2 is 1.81 bits per heavy atom. The lowest BCUT2D eigenvalue weighted by molar-refractivity contribution is 0.0525. The van der Waals surface area contributed by atoms with E-state index < -0.39 is 0 Å². The molecule has 0 spiro atoms. The van der Waals surface area contributed by atoms with Gasteiger partial charge >= 0.3 is 0 Å². The molecule has 0 unspecified atom stereocenters. The number of methoxy groups -OCH3 is 1. The van der Waals surface area contributed by atoms with Crippen LogP contribution in [-0.4, -0.2) is 26.1 Å². The summed E-state index contributed by atoms with van der Waals surface area (Å²) in [7, 11) is 1.67. The maximum atomic E-state index is 13.3. The molecule has 0 N–H and O–H groups in total. The number of benzene rings is 2. The van der Waals surface area contributed by atoms with Gasteiger partial charge in [0.25, 0.3) is 0 Å². The molecule has 0 amide bonds. The minimum absolute atomic E-state index is 0.269. The van der Waals surface area contributed by atoms with E-state index in [1.807, 2.05) is 36.4 Å². The highest BCUT2D eigenvalue weighted by Crippen LogP contribution is 2.61. The summed E-state index contributed by atoms with van der Waals surface area (Å²) in [4.78, 5) is 13.3. The van der Waals surface area contributed by atoms with E-state index >= 15 is 0 Å². The molecule has 2 aromatic rings. The minimum Gasteiger partial charge on any atom is -0.487 e. The number of fused-ring (bicyclic) bond motifs is 5. The SMILES string of the molecule is COCCOc1cc2c(cc1OCc1ccccc1)C(=O)C[C@@H]1[C@@H]2CC[C@]2(C)CCC[C@@H]12. The van der Waals surface area contributed by atoms with Crippen molar-refractivity contribution in [3.8, 4) is 11.5 Å². The highest BCUT2D eigenvalue weighted by atomic mass is 16.5. The molecular weight excluding hydrogens is 400 g/mol. The van der Waals surface area contributed by atoms with Crippen LogP contribution in [0.1, 0.15) is 72.9 Å². The summed E-state index contributed by atoms with van der Waals surface area (Å²) in [6.45, 7) is 3.88. The summed E-state index contributed by atoms with van der Waals surface area (Å²) < 4.78 is 17.5. The van der Waals surface area contributed by atoms with Crippen molar-refractivity contribution in [2.45, 2.75) is 58.0 Å². The second kappa shape index (κ2) is 8.90. The summed E-state index contributed by atoms with van der Waals surface area (Å²) in [5.74, 6) is 3.24. The van der Waals surface area contributed by atoms with Crippen molar-refractivity contribution >= 4 is 5.78 Å². The van der Waals surface area contributed by atoms with E-state index in [2.05, 4.69) is 13.0 Å². The molecule has 2 aromatic carbocycles. The molecule has 4 atom stereocenters. The maximum Gasteiger partial charge on any atom is 0.163 e. The molecule has 2 fully saturated rings. The zero-order valence-electron chi connectivity index (χ0n) is 19.3. The quantitative estimate of drug-likeness (QED) is 0.488. The van der Waals surface area contributed by atoms with Crippen LogP contribution >= 0.6 is 0 Å². The molecule has 0 bridgehead atoms. The van der Waals surface area contributed by atoms with Gasteiger partial charge in [-0.25, -0.2) is 0 Å². The van der Waals surface area contributed by atoms with Gasteiger partial charge in [0.05, 0.1) is 6.61 Å². The smallest absolute Gasteiger partial charge is 0.163 e. The van der Waals surface area contributed by atoms with E-state index in [0.717, 1.165) is 16.9 Å². The zero-order valence-corrected chi connectivity index (χ0v) is 19.3. The first-order valence-electron chi connectivity index (χ1n) is 12.1. The van der Waals surface area contributed by atoms with Crippen LogP contribution in [0, 0.1) is 17.3 Å². The van der Waals surface area contributed by atoms with E-state index in [0.29, 0.717) is 55.2 Å². The molecule has 0 heterocycles. The van der Waals surface area contributed by atoms with Gasteiger partial charge in [-0.3, -0.25) is 4.79 Å². The van der Waals surface area contributed by atoms with Crippen LogP contribution in [0.3, 0.4) is 0 Å². The Labute approximate surface area is 191 Å². The zero-order chi connectivity index (χ0) is 22.1. The summed E-state index contributed by atoms with van der Waals surface area (Å²) in [6.07, 6.45) is 7.01. The van der Waals surface area contributed by atoms with E-state index in [1.165, 1.54) is 37.7 Å². The van der Waals surface area contributed by atoms with Gasteiger partial charge in [-0.2, -0.15) is 0 Å². The average Bonchev–Trinajstić information content (AvgIpc) is 3.21. The number of hydrogen-bond acceptors (Lipinski definition) is 4. The Bertz CT molecular complexity index is 969. The standard InChI is InChI=1S/C28H34O4/c1-28-11-6-9-24(28)22-15-25(29)23-17-27(32-18-19-7-4-3-5-8-19)26(31-14-13-30-2)16-21(23)20(22)10-12-28/h3-5,7-8,16-17,20,22,24H,6,9-15,18H2,1-2H3/t20-,22-,24+,28+/m1/s1. The van der Waals surface area contributed by atoms with Gasteiger partial charge < -0.3 is 14.2 Å². The number of ether oxygens (including phenoxy) is 3. The second-order valence-corrected chi connectivity index (χ2v) is 10.1. The van der Waals surface area contributed by atoms with E-state index in [4.69, 9.17) is 14.2 Å². The molecule has 4 heteroatoms. The maximum absolute atomic E-state index is 13.3. The second-order valence-electron chi connectivity index (χ2n) is 10.1. The number of carbonyl (C=O) groups excluding carboxylic acids is 1. The Kier molecular flexibility index (Phi) is 5.98. The lowest BCUT2D eigenvalue weighted by Gasteiger charge is -2.48. The van der Waals surface area contributed by atoms with Crippen LogP contribution in [0.4, 0.5) is 0 Å². The molecule has 0 aliphatic heterocycles. The van der Waals surface area contributed by atoms with Crippen molar-refractivity contribution in [3.63, 3.8) is 0 Å². The normalized spacial score (nSPS) is 28.6. The van der Waals surface area contributed by atoms with Gasteiger partial charge in [-0.1, -0.05) is 43.7 Å². The fraction of sp³-hybridized carbons (Fsp3) is 0.536. The van der Waals surface area contributed by atoms with Gasteiger partial charge in [0.1, 0.15) is 13.2 Å². The summed E-state index contributed by atoms with van der Waals surface area (Å²) >= 11 is 0.